The van der Waals surface area contributed by atoms with Crippen molar-refractivity contribution in [2.24, 2.45) is 0 Å². The quantitative estimate of drug-likeness (QED) is 0.736. The Labute approximate surface area is 135 Å². The molecule has 1 fully saturated rings. The van der Waals surface area contributed by atoms with Crippen LogP contribution >= 0.6 is 0 Å². The van der Waals surface area contributed by atoms with Gasteiger partial charge in [-0.1, -0.05) is 49.4 Å². The second-order valence-electron chi connectivity index (χ2n) is 6.49. The molecule has 3 aromatic rings. The fourth-order valence-electron chi connectivity index (χ4n) is 3.21. The predicted molar refractivity (Wildman–Crippen MR) is 88.5 cm³/mol. The number of nitrogens with zero attached hydrogens (tertiary/aromatic N) is 2. The highest BCUT2D eigenvalue weighted by molar-refractivity contribution is 5.85. The molecule has 0 spiro atoms. The summed E-state index contributed by atoms with van der Waals surface area (Å²) in [6.45, 7) is 3.71. The molecule has 0 N–H and O–H groups in total. The summed E-state index contributed by atoms with van der Waals surface area (Å²) in [5, 5.41) is 11.1. The number of fused-ring (bicyclic) bond motifs is 1. The molecule has 0 aliphatic carbocycles. The van der Waals surface area contributed by atoms with Crippen LogP contribution in [0.1, 0.15) is 37.1 Å². The molecule has 2 aromatic carbocycles. The van der Waals surface area contributed by atoms with Crippen LogP contribution in [0.15, 0.2) is 46.9 Å². The first-order chi connectivity index (χ1) is 11.2. The highest BCUT2D eigenvalue weighted by Gasteiger charge is 2.34. The molecule has 1 aromatic heterocycles. The fourth-order valence-corrected chi connectivity index (χ4v) is 3.21. The van der Waals surface area contributed by atoms with E-state index in [2.05, 4.69) is 59.6 Å². The Balaban J connectivity index is 1.62. The maximum absolute atomic E-state index is 6.00. The summed E-state index contributed by atoms with van der Waals surface area (Å²) in [6, 6.07) is 14.7. The van der Waals surface area contributed by atoms with E-state index in [1.165, 1.54) is 16.3 Å². The maximum Gasteiger partial charge on any atom is 0.222 e. The lowest BCUT2D eigenvalue weighted by molar-refractivity contribution is 0.0466. The van der Waals surface area contributed by atoms with Gasteiger partial charge in [-0.25, -0.2) is 0 Å². The van der Waals surface area contributed by atoms with Crippen molar-refractivity contribution in [1.29, 1.82) is 0 Å². The molecular formula is C19H20N2O2. The zero-order valence-corrected chi connectivity index (χ0v) is 13.3. The second-order valence-corrected chi connectivity index (χ2v) is 6.49. The molecule has 2 heterocycles. The van der Waals surface area contributed by atoms with E-state index < -0.39 is 0 Å². The molecule has 4 heteroatoms. The Morgan fingerprint density at radius 3 is 2.65 bits per heavy atom. The summed E-state index contributed by atoms with van der Waals surface area (Å²) in [5.41, 5.74) is 1.16. The van der Waals surface area contributed by atoms with Gasteiger partial charge in [0.1, 0.15) is 0 Å². The average Bonchev–Trinajstić information content (AvgIpc) is 3.05. The molecule has 0 bridgehead atoms. The van der Waals surface area contributed by atoms with Gasteiger partial charge < -0.3 is 9.15 Å². The van der Waals surface area contributed by atoms with Crippen molar-refractivity contribution in [3.63, 3.8) is 0 Å². The standard InChI is InChI=1S/C19H20N2O2/c1-19(9-11-22-12-10-19)18-21-20-17(23-18)13-15-7-4-6-14-5-2-3-8-16(14)15/h2-8H,9-13H2,1H3. The smallest absolute Gasteiger partial charge is 0.222 e. The van der Waals surface area contributed by atoms with Gasteiger partial charge in [0.25, 0.3) is 0 Å². The lowest BCUT2D eigenvalue weighted by Gasteiger charge is -2.29. The second kappa shape index (κ2) is 5.78. The van der Waals surface area contributed by atoms with Crippen LogP contribution in [-0.2, 0) is 16.6 Å². The van der Waals surface area contributed by atoms with Crippen LogP contribution in [0, 0.1) is 0 Å². The lowest BCUT2D eigenvalue weighted by atomic mass is 9.82. The third-order valence-corrected chi connectivity index (χ3v) is 4.80. The van der Waals surface area contributed by atoms with E-state index in [1.54, 1.807) is 0 Å². The minimum absolute atomic E-state index is 0.0533. The number of hydrogen-bond donors (Lipinski definition) is 0. The van der Waals surface area contributed by atoms with E-state index in [0.717, 1.165) is 31.9 Å². The molecule has 0 unspecified atom stereocenters. The molecule has 0 atom stereocenters. The highest BCUT2D eigenvalue weighted by atomic mass is 16.5. The van der Waals surface area contributed by atoms with Gasteiger partial charge in [-0.2, -0.15) is 0 Å². The first-order valence-electron chi connectivity index (χ1n) is 8.12. The first kappa shape index (κ1) is 14.4. The number of aromatic nitrogens is 2. The van der Waals surface area contributed by atoms with Crippen LogP contribution in [0.3, 0.4) is 0 Å². The Hall–Kier alpha value is -2.20. The Morgan fingerprint density at radius 1 is 1.00 bits per heavy atom. The van der Waals surface area contributed by atoms with Crippen molar-refractivity contribution in [1.82, 2.24) is 10.2 Å². The summed E-state index contributed by atoms with van der Waals surface area (Å²) < 4.78 is 11.4. The monoisotopic (exact) mass is 308 g/mol. The number of hydrogen-bond acceptors (Lipinski definition) is 4. The van der Waals surface area contributed by atoms with Crippen molar-refractivity contribution in [3.8, 4) is 0 Å². The topological polar surface area (TPSA) is 48.2 Å². The molecule has 4 nitrogen and oxygen atoms in total. The van der Waals surface area contributed by atoms with Crippen LogP contribution in [-0.4, -0.2) is 23.4 Å². The molecule has 1 aliphatic rings. The minimum Gasteiger partial charge on any atom is -0.424 e. The highest BCUT2D eigenvalue weighted by Crippen LogP contribution is 2.33. The van der Waals surface area contributed by atoms with Gasteiger partial charge in [-0.15, -0.1) is 10.2 Å². The maximum atomic E-state index is 6.00. The van der Waals surface area contributed by atoms with Crippen molar-refractivity contribution in [2.75, 3.05) is 13.2 Å². The van der Waals surface area contributed by atoms with Crippen molar-refractivity contribution >= 4 is 10.8 Å². The van der Waals surface area contributed by atoms with Gasteiger partial charge in [0.15, 0.2) is 0 Å². The average molecular weight is 308 g/mol. The normalized spacial score (nSPS) is 17.4. The number of rotatable bonds is 3. The molecule has 1 saturated heterocycles. The third kappa shape index (κ3) is 2.75. The molecule has 0 radical (unpaired) electrons. The van der Waals surface area contributed by atoms with Crippen LogP contribution in [0.5, 0.6) is 0 Å². The summed E-state index contributed by atoms with van der Waals surface area (Å²) in [6.07, 6.45) is 2.53. The lowest BCUT2D eigenvalue weighted by Crippen LogP contribution is -2.30. The summed E-state index contributed by atoms with van der Waals surface area (Å²) in [7, 11) is 0. The molecule has 4 rings (SSSR count). The first-order valence-corrected chi connectivity index (χ1v) is 8.12. The van der Waals surface area contributed by atoms with E-state index in [9.17, 15) is 0 Å². The van der Waals surface area contributed by atoms with Gasteiger partial charge in [-0.3, -0.25) is 0 Å². The zero-order valence-electron chi connectivity index (χ0n) is 13.3. The summed E-state index contributed by atoms with van der Waals surface area (Å²) >= 11 is 0. The van der Waals surface area contributed by atoms with E-state index in [4.69, 9.17) is 9.15 Å². The van der Waals surface area contributed by atoms with Crippen LogP contribution in [0.2, 0.25) is 0 Å². The van der Waals surface area contributed by atoms with Crippen molar-refractivity contribution in [3.05, 3.63) is 59.8 Å². The SMILES string of the molecule is CC1(c2nnc(Cc3cccc4ccccc34)o2)CCOCC1. The Bertz CT molecular complexity index is 814. The summed E-state index contributed by atoms with van der Waals surface area (Å²) in [4.78, 5) is 0. The number of ether oxygens (including phenoxy) is 1. The van der Waals surface area contributed by atoms with Gasteiger partial charge >= 0.3 is 0 Å². The van der Waals surface area contributed by atoms with E-state index >= 15 is 0 Å². The molecule has 0 amide bonds. The van der Waals surface area contributed by atoms with Gasteiger partial charge in [0.2, 0.25) is 11.8 Å². The summed E-state index contributed by atoms with van der Waals surface area (Å²) in [5.74, 6) is 1.43. The Kier molecular flexibility index (Phi) is 3.62. The zero-order chi connectivity index (χ0) is 15.7. The third-order valence-electron chi connectivity index (χ3n) is 4.80. The van der Waals surface area contributed by atoms with Gasteiger partial charge in [0.05, 0.1) is 11.8 Å². The Morgan fingerprint density at radius 2 is 1.78 bits per heavy atom. The van der Waals surface area contributed by atoms with Crippen LogP contribution < -0.4 is 0 Å². The molecule has 118 valence electrons. The van der Waals surface area contributed by atoms with Crippen LogP contribution in [0.4, 0.5) is 0 Å². The largest absolute Gasteiger partial charge is 0.424 e. The molecule has 0 saturated carbocycles. The van der Waals surface area contributed by atoms with Crippen molar-refractivity contribution in [2.45, 2.75) is 31.6 Å². The fraction of sp³-hybridized carbons (Fsp3) is 0.368. The predicted octanol–water partition coefficient (Wildman–Crippen LogP) is 3.88. The minimum atomic E-state index is -0.0533. The molecular weight excluding hydrogens is 288 g/mol. The molecule has 23 heavy (non-hydrogen) atoms. The van der Waals surface area contributed by atoms with Gasteiger partial charge in [-0.05, 0) is 29.2 Å². The van der Waals surface area contributed by atoms with E-state index in [-0.39, 0.29) is 5.41 Å². The number of benzene rings is 2. The van der Waals surface area contributed by atoms with Crippen LogP contribution in [0.25, 0.3) is 10.8 Å². The van der Waals surface area contributed by atoms with E-state index in [1.807, 2.05) is 0 Å². The van der Waals surface area contributed by atoms with E-state index in [0.29, 0.717) is 12.3 Å². The van der Waals surface area contributed by atoms with Crippen molar-refractivity contribution < 1.29 is 9.15 Å². The van der Waals surface area contributed by atoms with Gasteiger partial charge in [0, 0.05) is 13.2 Å². The molecule has 1 aliphatic heterocycles.